The number of anilines is 1. The van der Waals surface area contributed by atoms with Gasteiger partial charge in [0.05, 0.1) is 7.11 Å². The van der Waals surface area contributed by atoms with E-state index in [9.17, 15) is 0 Å². The van der Waals surface area contributed by atoms with Crippen molar-refractivity contribution in [2.75, 3.05) is 19.0 Å². The summed E-state index contributed by atoms with van der Waals surface area (Å²) in [5, 5.41) is 9.24. The lowest BCUT2D eigenvalue weighted by molar-refractivity contribution is 0.387. The molecule has 3 aromatic rings. The SMILES string of the molecule is COc1cccc2c(NCCc3noc(C)n3)nccc12. The van der Waals surface area contributed by atoms with Gasteiger partial charge in [0.25, 0.3) is 0 Å². The maximum Gasteiger partial charge on any atom is 0.223 e. The van der Waals surface area contributed by atoms with Gasteiger partial charge in [-0.15, -0.1) is 0 Å². The van der Waals surface area contributed by atoms with E-state index >= 15 is 0 Å². The Hall–Kier alpha value is -2.63. The Morgan fingerprint density at radius 2 is 2.14 bits per heavy atom. The van der Waals surface area contributed by atoms with E-state index in [2.05, 4.69) is 20.4 Å². The van der Waals surface area contributed by atoms with Crippen LogP contribution in [-0.4, -0.2) is 28.8 Å². The molecule has 0 bridgehead atoms. The molecule has 6 heteroatoms. The second-order valence-electron chi connectivity index (χ2n) is 4.62. The van der Waals surface area contributed by atoms with E-state index in [1.165, 1.54) is 0 Å². The molecule has 6 nitrogen and oxygen atoms in total. The zero-order valence-electron chi connectivity index (χ0n) is 12.0. The first-order chi connectivity index (χ1) is 10.3. The van der Waals surface area contributed by atoms with Crippen molar-refractivity contribution in [3.8, 4) is 5.75 Å². The van der Waals surface area contributed by atoms with Gasteiger partial charge in [-0.3, -0.25) is 0 Å². The first-order valence-corrected chi connectivity index (χ1v) is 6.72. The molecule has 0 aliphatic carbocycles. The summed E-state index contributed by atoms with van der Waals surface area (Å²) in [6.45, 7) is 2.46. The molecule has 1 aromatic carbocycles. The van der Waals surface area contributed by atoms with Crippen molar-refractivity contribution in [3.63, 3.8) is 0 Å². The van der Waals surface area contributed by atoms with Crippen LogP contribution in [0.1, 0.15) is 11.7 Å². The van der Waals surface area contributed by atoms with E-state index in [-0.39, 0.29) is 0 Å². The number of nitrogens with one attached hydrogen (secondary N) is 1. The molecule has 0 aliphatic rings. The predicted octanol–water partition coefficient (Wildman–Crippen LogP) is 2.59. The molecule has 0 saturated carbocycles. The van der Waals surface area contributed by atoms with Gasteiger partial charge in [-0.05, 0) is 12.1 Å². The summed E-state index contributed by atoms with van der Waals surface area (Å²) in [6.07, 6.45) is 2.45. The third kappa shape index (κ3) is 2.79. The van der Waals surface area contributed by atoms with Crippen molar-refractivity contribution >= 4 is 16.6 Å². The molecule has 0 atom stereocenters. The Kier molecular flexibility index (Phi) is 3.68. The number of ether oxygens (including phenoxy) is 1. The van der Waals surface area contributed by atoms with E-state index in [0.29, 0.717) is 24.7 Å². The molecule has 108 valence electrons. The zero-order chi connectivity index (χ0) is 14.7. The summed E-state index contributed by atoms with van der Waals surface area (Å²) in [6, 6.07) is 7.86. The average Bonchev–Trinajstić information content (AvgIpc) is 2.92. The normalized spacial score (nSPS) is 10.8. The van der Waals surface area contributed by atoms with Crippen LogP contribution in [0.25, 0.3) is 10.8 Å². The fourth-order valence-electron chi connectivity index (χ4n) is 2.23. The van der Waals surface area contributed by atoms with Crippen LogP contribution in [0, 0.1) is 6.92 Å². The van der Waals surface area contributed by atoms with Crippen molar-refractivity contribution in [3.05, 3.63) is 42.2 Å². The Bertz CT molecular complexity index is 754. The molecule has 21 heavy (non-hydrogen) atoms. The minimum absolute atomic E-state index is 0.582. The smallest absolute Gasteiger partial charge is 0.223 e. The van der Waals surface area contributed by atoms with Gasteiger partial charge < -0.3 is 14.6 Å². The maximum atomic E-state index is 5.37. The Labute approximate surface area is 122 Å². The fraction of sp³-hybridized carbons (Fsp3) is 0.267. The number of pyridine rings is 1. The van der Waals surface area contributed by atoms with Crippen LogP contribution in [0.5, 0.6) is 5.75 Å². The first-order valence-electron chi connectivity index (χ1n) is 6.72. The number of fused-ring (bicyclic) bond motifs is 1. The summed E-state index contributed by atoms with van der Waals surface area (Å²) in [5.41, 5.74) is 0. The number of nitrogens with zero attached hydrogens (tertiary/aromatic N) is 3. The molecule has 0 amide bonds. The molecule has 0 spiro atoms. The monoisotopic (exact) mass is 284 g/mol. The standard InChI is InChI=1S/C15H16N4O2/c1-10-18-14(19-21-10)7-9-17-15-12-4-3-5-13(20-2)11(12)6-8-16-15/h3-6,8H,7,9H2,1-2H3,(H,16,17). The van der Waals surface area contributed by atoms with Crippen LogP contribution in [0.4, 0.5) is 5.82 Å². The number of methoxy groups -OCH3 is 1. The third-order valence-corrected chi connectivity index (χ3v) is 3.20. The molecule has 0 unspecified atom stereocenters. The van der Waals surface area contributed by atoms with Gasteiger partial charge in [0.1, 0.15) is 11.6 Å². The third-order valence-electron chi connectivity index (χ3n) is 3.20. The fourth-order valence-corrected chi connectivity index (χ4v) is 2.23. The number of benzene rings is 1. The second-order valence-corrected chi connectivity index (χ2v) is 4.62. The lowest BCUT2D eigenvalue weighted by Gasteiger charge is -2.10. The zero-order valence-corrected chi connectivity index (χ0v) is 12.0. The van der Waals surface area contributed by atoms with Crippen molar-refractivity contribution in [2.45, 2.75) is 13.3 Å². The Morgan fingerprint density at radius 1 is 1.24 bits per heavy atom. The van der Waals surface area contributed by atoms with E-state index in [1.807, 2.05) is 24.3 Å². The number of aromatic nitrogens is 3. The number of aryl methyl sites for hydroxylation is 1. The van der Waals surface area contributed by atoms with Crippen LogP contribution in [0.3, 0.4) is 0 Å². The predicted molar refractivity (Wildman–Crippen MR) is 79.5 cm³/mol. The highest BCUT2D eigenvalue weighted by Gasteiger charge is 2.07. The molecule has 2 heterocycles. The van der Waals surface area contributed by atoms with Gasteiger partial charge in [-0.2, -0.15) is 4.98 Å². The van der Waals surface area contributed by atoms with E-state index in [1.54, 1.807) is 20.2 Å². The molecule has 0 saturated heterocycles. The van der Waals surface area contributed by atoms with Crippen LogP contribution in [-0.2, 0) is 6.42 Å². The molecule has 2 aromatic heterocycles. The molecule has 1 N–H and O–H groups in total. The van der Waals surface area contributed by atoms with E-state index < -0.39 is 0 Å². The van der Waals surface area contributed by atoms with Crippen molar-refractivity contribution < 1.29 is 9.26 Å². The van der Waals surface area contributed by atoms with E-state index in [4.69, 9.17) is 9.26 Å². The van der Waals surface area contributed by atoms with Crippen LogP contribution in [0.15, 0.2) is 35.0 Å². The Morgan fingerprint density at radius 3 is 2.90 bits per heavy atom. The highest BCUT2D eigenvalue weighted by atomic mass is 16.5. The summed E-state index contributed by atoms with van der Waals surface area (Å²) < 4.78 is 10.3. The molecule has 0 fully saturated rings. The molecular formula is C15H16N4O2. The van der Waals surface area contributed by atoms with Crippen molar-refractivity contribution in [2.24, 2.45) is 0 Å². The van der Waals surface area contributed by atoms with Crippen LogP contribution in [0.2, 0.25) is 0 Å². The number of hydrogen-bond acceptors (Lipinski definition) is 6. The first kappa shape index (κ1) is 13.4. The van der Waals surface area contributed by atoms with Crippen molar-refractivity contribution in [1.82, 2.24) is 15.1 Å². The lowest BCUT2D eigenvalue weighted by atomic mass is 10.1. The van der Waals surface area contributed by atoms with Gasteiger partial charge >= 0.3 is 0 Å². The lowest BCUT2D eigenvalue weighted by Crippen LogP contribution is -2.07. The molecule has 3 rings (SSSR count). The van der Waals surface area contributed by atoms with Gasteiger partial charge in [0, 0.05) is 36.9 Å². The second kappa shape index (κ2) is 5.78. The quantitative estimate of drug-likeness (QED) is 0.776. The number of rotatable bonds is 5. The summed E-state index contributed by atoms with van der Waals surface area (Å²) in [7, 11) is 1.67. The number of hydrogen-bond donors (Lipinski definition) is 1. The summed E-state index contributed by atoms with van der Waals surface area (Å²) >= 11 is 0. The van der Waals surface area contributed by atoms with Gasteiger partial charge in [0.15, 0.2) is 5.82 Å². The largest absolute Gasteiger partial charge is 0.496 e. The molecule has 0 radical (unpaired) electrons. The molecule has 0 aliphatic heterocycles. The minimum atomic E-state index is 0.582. The van der Waals surface area contributed by atoms with Crippen LogP contribution >= 0.6 is 0 Å². The van der Waals surface area contributed by atoms with Crippen LogP contribution < -0.4 is 10.1 Å². The highest BCUT2D eigenvalue weighted by Crippen LogP contribution is 2.28. The minimum Gasteiger partial charge on any atom is -0.496 e. The summed E-state index contributed by atoms with van der Waals surface area (Å²) in [5.74, 6) is 2.94. The summed E-state index contributed by atoms with van der Waals surface area (Å²) in [4.78, 5) is 8.56. The Balaban J connectivity index is 1.77. The van der Waals surface area contributed by atoms with E-state index in [0.717, 1.165) is 22.3 Å². The maximum absolute atomic E-state index is 5.37. The highest BCUT2D eigenvalue weighted by molar-refractivity contribution is 5.95. The van der Waals surface area contributed by atoms with Gasteiger partial charge in [-0.1, -0.05) is 17.3 Å². The average molecular weight is 284 g/mol. The van der Waals surface area contributed by atoms with Crippen molar-refractivity contribution in [1.29, 1.82) is 0 Å². The topological polar surface area (TPSA) is 73.1 Å². The molecular weight excluding hydrogens is 268 g/mol. The van der Waals surface area contributed by atoms with Gasteiger partial charge in [-0.25, -0.2) is 4.98 Å². The van der Waals surface area contributed by atoms with Gasteiger partial charge in [0.2, 0.25) is 5.89 Å².